The van der Waals surface area contributed by atoms with Gasteiger partial charge in [-0.1, -0.05) is 0 Å². The Morgan fingerprint density at radius 3 is 2.50 bits per heavy atom. The molecule has 0 aliphatic carbocycles. The smallest absolute Gasteiger partial charge is 0.336 e. The van der Waals surface area contributed by atoms with Crippen LogP contribution < -0.4 is 0 Å². The van der Waals surface area contributed by atoms with E-state index in [0.717, 1.165) is 12.1 Å². The number of benzene rings is 1. The SMILES string of the molecule is Cc1c(C(=O)O)ccc([N+](=O)[O-])c1O. The van der Waals surface area contributed by atoms with Crippen molar-refractivity contribution in [3.63, 3.8) is 0 Å². The number of phenolic OH excluding ortho intramolecular Hbond substituents is 1. The summed E-state index contributed by atoms with van der Waals surface area (Å²) >= 11 is 0. The lowest BCUT2D eigenvalue weighted by molar-refractivity contribution is -0.385. The molecule has 1 aromatic rings. The van der Waals surface area contributed by atoms with Crippen LogP contribution in [0.1, 0.15) is 15.9 Å². The van der Waals surface area contributed by atoms with Crippen molar-refractivity contribution >= 4 is 11.7 Å². The fraction of sp³-hybridized carbons (Fsp3) is 0.125. The zero-order valence-corrected chi connectivity index (χ0v) is 7.22. The van der Waals surface area contributed by atoms with Crippen molar-refractivity contribution in [3.8, 4) is 5.75 Å². The Labute approximate surface area is 78.6 Å². The molecule has 0 aliphatic heterocycles. The van der Waals surface area contributed by atoms with Gasteiger partial charge in [-0.25, -0.2) is 4.79 Å². The Balaban J connectivity index is 3.41. The standard InChI is InChI=1S/C8H7NO5/c1-4-5(8(11)12)2-3-6(7(4)10)9(13)14/h2-3,10H,1H3,(H,11,12). The highest BCUT2D eigenvalue weighted by molar-refractivity contribution is 5.90. The number of hydrogen-bond acceptors (Lipinski definition) is 4. The number of carbonyl (C=O) groups is 1. The van der Waals surface area contributed by atoms with Crippen LogP contribution in [0.4, 0.5) is 5.69 Å². The minimum absolute atomic E-state index is 0.00769. The van der Waals surface area contributed by atoms with Gasteiger partial charge in [0, 0.05) is 11.6 Å². The number of nitro groups is 1. The molecule has 0 aliphatic rings. The maximum Gasteiger partial charge on any atom is 0.336 e. The van der Waals surface area contributed by atoms with Gasteiger partial charge in [-0.05, 0) is 13.0 Å². The van der Waals surface area contributed by atoms with Gasteiger partial charge in [0.15, 0.2) is 5.75 Å². The molecule has 0 heterocycles. The van der Waals surface area contributed by atoms with Crippen molar-refractivity contribution < 1.29 is 19.9 Å². The van der Waals surface area contributed by atoms with E-state index >= 15 is 0 Å². The van der Waals surface area contributed by atoms with Crippen molar-refractivity contribution in [2.24, 2.45) is 0 Å². The van der Waals surface area contributed by atoms with Gasteiger partial charge >= 0.3 is 11.7 Å². The third kappa shape index (κ3) is 1.49. The molecule has 2 N–H and O–H groups in total. The van der Waals surface area contributed by atoms with Gasteiger partial charge < -0.3 is 10.2 Å². The summed E-state index contributed by atoms with van der Waals surface area (Å²) in [5.74, 6) is -1.83. The van der Waals surface area contributed by atoms with Gasteiger partial charge in [-0.15, -0.1) is 0 Å². The number of aromatic hydroxyl groups is 1. The lowest BCUT2D eigenvalue weighted by atomic mass is 10.1. The van der Waals surface area contributed by atoms with Crippen molar-refractivity contribution in [2.45, 2.75) is 6.92 Å². The molecule has 1 rings (SSSR count). The van der Waals surface area contributed by atoms with Gasteiger partial charge in [-0.2, -0.15) is 0 Å². The molecular weight excluding hydrogens is 190 g/mol. The number of nitro benzene ring substituents is 1. The molecule has 1 aromatic carbocycles. The summed E-state index contributed by atoms with van der Waals surface area (Å²) in [4.78, 5) is 20.2. The minimum Gasteiger partial charge on any atom is -0.502 e. The summed E-state index contributed by atoms with van der Waals surface area (Å²) in [7, 11) is 0. The largest absolute Gasteiger partial charge is 0.502 e. The molecule has 0 spiro atoms. The highest BCUT2D eigenvalue weighted by atomic mass is 16.6. The number of carboxylic acids is 1. The fourth-order valence-corrected chi connectivity index (χ4v) is 1.06. The molecule has 6 heteroatoms. The first kappa shape index (κ1) is 9.97. The van der Waals surface area contributed by atoms with Crippen molar-refractivity contribution in [3.05, 3.63) is 33.4 Å². The van der Waals surface area contributed by atoms with E-state index in [1.807, 2.05) is 0 Å². The van der Waals surface area contributed by atoms with Crippen LogP contribution in [0.25, 0.3) is 0 Å². The van der Waals surface area contributed by atoms with E-state index in [4.69, 9.17) is 5.11 Å². The number of carboxylic acid groups (broad SMARTS) is 1. The predicted octanol–water partition coefficient (Wildman–Crippen LogP) is 1.31. The summed E-state index contributed by atoms with van der Waals surface area (Å²) in [5.41, 5.74) is -0.646. The monoisotopic (exact) mass is 197 g/mol. The number of hydrogen-bond donors (Lipinski definition) is 2. The van der Waals surface area contributed by atoms with E-state index in [1.165, 1.54) is 6.92 Å². The topological polar surface area (TPSA) is 101 Å². The van der Waals surface area contributed by atoms with E-state index in [2.05, 4.69) is 0 Å². The zero-order valence-electron chi connectivity index (χ0n) is 7.22. The molecule has 0 saturated heterocycles. The first-order valence-corrected chi connectivity index (χ1v) is 3.65. The van der Waals surface area contributed by atoms with Gasteiger partial charge in [0.2, 0.25) is 0 Å². The van der Waals surface area contributed by atoms with Crippen LogP contribution in [0.3, 0.4) is 0 Å². The number of phenols is 1. The van der Waals surface area contributed by atoms with Gasteiger partial charge in [0.05, 0.1) is 10.5 Å². The zero-order chi connectivity index (χ0) is 10.9. The average Bonchev–Trinajstić information content (AvgIpc) is 2.08. The van der Waals surface area contributed by atoms with Gasteiger partial charge in [0.1, 0.15) is 0 Å². The Hall–Kier alpha value is -2.11. The van der Waals surface area contributed by atoms with Crippen LogP contribution in [0.2, 0.25) is 0 Å². The Bertz CT molecular complexity index is 373. The summed E-state index contributed by atoms with van der Waals surface area (Å²) < 4.78 is 0. The first-order chi connectivity index (χ1) is 6.45. The molecule has 6 nitrogen and oxygen atoms in total. The second-order valence-electron chi connectivity index (χ2n) is 2.67. The summed E-state index contributed by atoms with van der Waals surface area (Å²) in [6.45, 7) is 1.31. The minimum atomic E-state index is -1.23. The van der Waals surface area contributed by atoms with Crippen molar-refractivity contribution in [1.82, 2.24) is 0 Å². The molecule has 14 heavy (non-hydrogen) atoms. The summed E-state index contributed by atoms with van der Waals surface area (Å²) in [5, 5.41) is 28.3. The average molecular weight is 197 g/mol. The number of aromatic carboxylic acids is 1. The van der Waals surface area contributed by atoms with E-state index in [0.29, 0.717) is 0 Å². The molecule has 0 atom stereocenters. The Morgan fingerprint density at radius 1 is 1.50 bits per heavy atom. The lowest BCUT2D eigenvalue weighted by Crippen LogP contribution is -2.01. The van der Waals surface area contributed by atoms with Gasteiger partial charge in [-0.3, -0.25) is 10.1 Å². The van der Waals surface area contributed by atoms with Crippen LogP contribution in [0.5, 0.6) is 5.75 Å². The maximum absolute atomic E-state index is 10.6. The van der Waals surface area contributed by atoms with Gasteiger partial charge in [0.25, 0.3) is 0 Å². The van der Waals surface area contributed by atoms with E-state index in [1.54, 1.807) is 0 Å². The van der Waals surface area contributed by atoms with Crippen LogP contribution in [0, 0.1) is 17.0 Å². The van der Waals surface area contributed by atoms with Crippen LogP contribution >= 0.6 is 0 Å². The fourth-order valence-electron chi connectivity index (χ4n) is 1.06. The highest BCUT2D eigenvalue weighted by Crippen LogP contribution is 2.31. The lowest BCUT2D eigenvalue weighted by Gasteiger charge is -2.03. The second-order valence-corrected chi connectivity index (χ2v) is 2.67. The third-order valence-corrected chi connectivity index (χ3v) is 1.84. The van der Waals surface area contributed by atoms with Crippen LogP contribution in [-0.4, -0.2) is 21.1 Å². The molecule has 0 unspecified atom stereocenters. The Kier molecular flexibility index (Phi) is 2.37. The molecule has 74 valence electrons. The maximum atomic E-state index is 10.6. The second kappa shape index (κ2) is 3.33. The van der Waals surface area contributed by atoms with E-state index in [-0.39, 0.29) is 11.1 Å². The first-order valence-electron chi connectivity index (χ1n) is 3.65. The molecule has 0 bridgehead atoms. The summed E-state index contributed by atoms with van der Waals surface area (Å²) in [6, 6.07) is 2.06. The Morgan fingerprint density at radius 2 is 2.07 bits per heavy atom. The normalized spacial score (nSPS) is 9.79. The predicted molar refractivity (Wildman–Crippen MR) is 46.5 cm³/mol. The molecule has 0 amide bonds. The van der Waals surface area contributed by atoms with E-state index in [9.17, 15) is 20.0 Å². The third-order valence-electron chi connectivity index (χ3n) is 1.84. The highest BCUT2D eigenvalue weighted by Gasteiger charge is 2.19. The number of nitrogens with zero attached hydrogens (tertiary/aromatic N) is 1. The number of rotatable bonds is 2. The molecule has 0 aromatic heterocycles. The van der Waals surface area contributed by atoms with E-state index < -0.39 is 22.3 Å². The molecule has 0 fully saturated rings. The van der Waals surface area contributed by atoms with Crippen LogP contribution in [0.15, 0.2) is 12.1 Å². The van der Waals surface area contributed by atoms with Crippen LogP contribution in [-0.2, 0) is 0 Å². The summed E-state index contributed by atoms with van der Waals surface area (Å²) in [6.07, 6.45) is 0. The van der Waals surface area contributed by atoms with Crippen molar-refractivity contribution in [2.75, 3.05) is 0 Å². The molecule has 0 radical (unpaired) electrons. The van der Waals surface area contributed by atoms with Crippen molar-refractivity contribution in [1.29, 1.82) is 0 Å². The molecular formula is C8H7NO5. The quantitative estimate of drug-likeness (QED) is 0.549. The molecule has 0 saturated carbocycles.